The number of rotatable bonds is 10. The number of benzene rings is 4. The summed E-state index contributed by atoms with van der Waals surface area (Å²) in [5.74, 6) is -6.88. The number of hydrogen-bond donors (Lipinski definition) is 4. The number of aliphatic carboxylic acids is 1. The number of anilines is 1. The van der Waals surface area contributed by atoms with Gasteiger partial charge in [0, 0.05) is 16.8 Å². The number of carbonyl (C=O) groups is 6. The van der Waals surface area contributed by atoms with Crippen LogP contribution in [0.3, 0.4) is 0 Å². The van der Waals surface area contributed by atoms with E-state index in [4.69, 9.17) is 32.7 Å². The van der Waals surface area contributed by atoms with Gasteiger partial charge in [0.2, 0.25) is 12.2 Å². The maximum atomic E-state index is 13.2. The van der Waals surface area contributed by atoms with Crippen molar-refractivity contribution in [2.75, 3.05) is 5.32 Å². The van der Waals surface area contributed by atoms with Gasteiger partial charge < -0.3 is 19.9 Å². The van der Waals surface area contributed by atoms with Crippen LogP contribution in [0.25, 0.3) is 0 Å². The average molecular weight is 678 g/mol. The molecule has 0 saturated heterocycles. The van der Waals surface area contributed by atoms with Crippen LogP contribution in [-0.2, 0) is 19.1 Å². The average Bonchev–Trinajstić information content (AvgIpc) is 3.05. The van der Waals surface area contributed by atoms with Gasteiger partial charge in [-0.2, -0.15) is 0 Å². The fourth-order valence-corrected chi connectivity index (χ4v) is 4.49. The third-order valence-electron chi connectivity index (χ3n) is 6.42. The van der Waals surface area contributed by atoms with Crippen LogP contribution in [0, 0.1) is 6.92 Å². The molecular formula is C33H25Cl2N3O9. The SMILES string of the molecule is Cc1cccc(C(=O)Nc2ccc(C(=O)NNC(=O)[C@@H](OC(=O)c3ccccc3Cl)[C@H](OC(=O)c3ccccc3Cl)C(=O)O)cc2)c1. The van der Waals surface area contributed by atoms with E-state index in [9.17, 15) is 33.9 Å². The number of nitrogens with one attached hydrogen (secondary N) is 3. The van der Waals surface area contributed by atoms with Gasteiger partial charge in [-0.3, -0.25) is 25.2 Å². The first-order valence-corrected chi connectivity index (χ1v) is 14.4. The van der Waals surface area contributed by atoms with Gasteiger partial charge in [-0.05, 0) is 67.6 Å². The molecule has 0 heterocycles. The van der Waals surface area contributed by atoms with Crippen molar-refractivity contribution in [1.82, 2.24) is 10.9 Å². The fraction of sp³-hybridized carbons (Fsp3) is 0.0909. The lowest BCUT2D eigenvalue weighted by atomic mass is 10.1. The summed E-state index contributed by atoms with van der Waals surface area (Å²) in [6.07, 6.45) is -4.71. The summed E-state index contributed by atoms with van der Waals surface area (Å²) < 4.78 is 10.2. The first kappa shape index (κ1) is 34.2. The van der Waals surface area contributed by atoms with Crippen LogP contribution in [-0.4, -0.2) is 52.9 Å². The van der Waals surface area contributed by atoms with E-state index < -0.39 is 41.9 Å². The molecule has 0 unspecified atom stereocenters. The van der Waals surface area contributed by atoms with E-state index >= 15 is 0 Å². The Morgan fingerprint density at radius 3 is 1.72 bits per heavy atom. The number of esters is 2. The normalized spacial score (nSPS) is 11.7. The van der Waals surface area contributed by atoms with Gasteiger partial charge in [0.15, 0.2) is 0 Å². The minimum atomic E-state index is -2.39. The Bertz CT molecular complexity index is 1850. The monoisotopic (exact) mass is 677 g/mol. The second-order valence-electron chi connectivity index (χ2n) is 9.79. The standard InChI is InChI=1S/C33H25Cl2N3O9/c1-18-7-6-8-20(17-18)28(39)36-21-15-13-19(14-16-21)29(40)37-38-30(41)26(46-32(44)22-9-2-4-11-24(22)34)27(31(42)43)47-33(45)23-10-3-5-12-25(23)35/h2-17,26-27H,1H3,(H,36,39)(H,37,40)(H,38,41)(H,42,43)/t26-,27-/m0/s1. The van der Waals surface area contributed by atoms with E-state index in [1.165, 1.54) is 72.8 Å². The summed E-state index contributed by atoms with van der Waals surface area (Å²) in [4.78, 5) is 76.5. The molecule has 4 N–H and O–H groups in total. The second-order valence-corrected chi connectivity index (χ2v) is 10.6. The zero-order valence-electron chi connectivity index (χ0n) is 24.4. The number of carboxylic acid groups (broad SMARTS) is 1. The minimum Gasteiger partial charge on any atom is -0.478 e. The van der Waals surface area contributed by atoms with Crippen molar-refractivity contribution in [1.29, 1.82) is 0 Å². The highest BCUT2D eigenvalue weighted by atomic mass is 35.5. The van der Waals surface area contributed by atoms with Crippen molar-refractivity contribution in [3.8, 4) is 0 Å². The smallest absolute Gasteiger partial charge is 0.349 e. The predicted octanol–water partition coefficient (Wildman–Crippen LogP) is 4.85. The zero-order valence-corrected chi connectivity index (χ0v) is 25.9. The molecule has 0 aliphatic rings. The topological polar surface area (TPSA) is 177 Å². The van der Waals surface area contributed by atoms with Gasteiger partial charge in [-0.1, -0.05) is 65.2 Å². The lowest BCUT2D eigenvalue weighted by molar-refractivity contribution is -0.159. The molecule has 240 valence electrons. The number of halogens is 2. The van der Waals surface area contributed by atoms with Crippen molar-refractivity contribution in [2.45, 2.75) is 19.1 Å². The van der Waals surface area contributed by atoms with Crippen LogP contribution in [0.1, 0.15) is 47.0 Å². The number of carbonyl (C=O) groups excluding carboxylic acids is 5. The Labute approximate surface area is 277 Å². The van der Waals surface area contributed by atoms with Gasteiger partial charge >= 0.3 is 17.9 Å². The van der Waals surface area contributed by atoms with Crippen molar-refractivity contribution in [3.63, 3.8) is 0 Å². The second kappa shape index (κ2) is 15.5. The van der Waals surface area contributed by atoms with Crippen LogP contribution < -0.4 is 16.2 Å². The predicted molar refractivity (Wildman–Crippen MR) is 170 cm³/mol. The third kappa shape index (κ3) is 8.93. The maximum Gasteiger partial charge on any atom is 0.349 e. The van der Waals surface area contributed by atoms with Crippen LogP contribution >= 0.6 is 23.2 Å². The van der Waals surface area contributed by atoms with Gasteiger partial charge in [-0.25, -0.2) is 14.4 Å². The summed E-state index contributed by atoms with van der Waals surface area (Å²) in [7, 11) is 0. The van der Waals surface area contributed by atoms with Crippen LogP contribution in [0.5, 0.6) is 0 Å². The van der Waals surface area contributed by atoms with E-state index in [-0.39, 0.29) is 32.6 Å². The summed E-state index contributed by atoms with van der Waals surface area (Å²) in [6.45, 7) is 1.85. The molecule has 4 rings (SSSR count). The molecule has 2 atom stereocenters. The number of hydrazine groups is 1. The van der Waals surface area contributed by atoms with Crippen molar-refractivity contribution in [3.05, 3.63) is 135 Å². The van der Waals surface area contributed by atoms with E-state index in [1.54, 1.807) is 18.2 Å². The summed E-state index contributed by atoms with van der Waals surface area (Å²) >= 11 is 12.1. The highest BCUT2D eigenvalue weighted by Crippen LogP contribution is 2.21. The fourth-order valence-electron chi connectivity index (χ4n) is 4.06. The first-order chi connectivity index (χ1) is 22.4. The molecule has 0 bridgehead atoms. The number of amides is 3. The molecule has 12 nitrogen and oxygen atoms in total. The van der Waals surface area contributed by atoms with Gasteiger partial charge in [-0.15, -0.1) is 0 Å². The van der Waals surface area contributed by atoms with Gasteiger partial charge in [0.1, 0.15) is 0 Å². The third-order valence-corrected chi connectivity index (χ3v) is 7.08. The molecule has 47 heavy (non-hydrogen) atoms. The number of ether oxygens (including phenoxy) is 2. The number of carboxylic acids is 1. The molecule has 0 spiro atoms. The molecular weight excluding hydrogens is 653 g/mol. The Morgan fingerprint density at radius 1 is 0.638 bits per heavy atom. The molecule has 4 aromatic rings. The molecule has 0 aliphatic heterocycles. The molecule has 0 radical (unpaired) electrons. The Morgan fingerprint density at radius 2 is 1.19 bits per heavy atom. The Hall–Kier alpha value is -5.72. The summed E-state index contributed by atoms with van der Waals surface area (Å²) in [5, 5.41) is 12.5. The van der Waals surface area contributed by atoms with E-state index in [0.717, 1.165) is 5.56 Å². The van der Waals surface area contributed by atoms with E-state index in [2.05, 4.69) is 10.7 Å². The largest absolute Gasteiger partial charge is 0.478 e. The zero-order chi connectivity index (χ0) is 34.1. The number of aryl methyl sites for hydroxylation is 1. The number of hydrogen-bond acceptors (Lipinski definition) is 8. The van der Waals surface area contributed by atoms with Crippen LogP contribution in [0.2, 0.25) is 10.0 Å². The lowest BCUT2D eigenvalue weighted by Gasteiger charge is -2.24. The van der Waals surface area contributed by atoms with E-state index in [0.29, 0.717) is 11.3 Å². The molecule has 0 aliphatic carbocycles. The Kier molecular flexibility index (Phi) is 11.3. The quantitative estimate of drug-likeness (QED) is 0.135. The highest BCUT2D eigenvalue weighted by Gasteiger charge is 2.41. The molecule has 3 amide bonds. The van der Waals surface area contributed by atoms with Crippen LogP contribution in [0.4, 0.5) is 5.69 Å². The summed E-state index contributed by atoms with van der Waals surface area (Å²) in [5.41, 5.74) is 5.40. The first-order valence-electron chi connectivity index (χ1n) is 13.7. The summed E-state index contributed by atoms with van der Waals surface area (Å²) in [6, 6.07) is 23.7. The van der Waals surface area contributed by atoms with Crippen molar-refractivity contribution in [2.24, 2.45) is 0 Å². The minimum absolute atomic E-state index is 0.0309. The van der Waals surface area contributed by atoms with Gasteiger partial charge in [0.25, 0.3) is 17.7 Å². The molecule has 14 heteroatoms. The lowest BCUT2D eigenvalue weighted by Crippen LogP contribution is -2.54. The van der Waals surface area contributed by atoms with Gasteiger partial charge in [0.05, 0.1) is 21.2 Å². The molecule has 0 aromatic heterocycles. The molecule has 4 aromatic carbocycles. The van der Waals surface area contributed by atoms with Crippen molar-refractivity contribution < 1.29 is 43.3 Å². The van der Waals surface area contributed by atoms with E-state index in [1.807, 2.05) is 18.4 Å². The van der Waals surface area contributed by atoms with Crippen molar-refractivity contribution >= 4 is 64.5 Å². The Balaban J connectivity index is 1.49. The van der Waals surface area contributed by atoms with Crippen LogP contribution in [0.15, 0.2) is 97.1 Å². The highest BCUT2D eigenvalue weighted by molar-refractivity contribution is 6.34. The maximum absolute atomic E-state index is 13.2. The molecule has 0 fully saturated rings. The molecule has 0 saturated carbocycles.